The van der Waals surface area contributed by atoms with Crippen LogP contribution in [0.2, 0.25) is 0 Å². The second-order valence-corrected chi connectivity index (χ2v) is 5.98. The topological polar surface area (TPSA) is 54.4 Å². The molecule has 0 fully saturated rings. The van der Waals surface area contributed by atoms with Crippen molar-refractivity contribution in [2.45, 2.75) is 30.5 Å². The van der Waals surface area contributed by atoms with Gasteiger partial charge in [-0.15, -0.1) is 0 Å². The van der Waals surface area contributed by atoms with Crippen molar-refractivity contribution in [3.63, 3.8) is 0 Å². The third-order valence-electron chi connectivity index (χ3n) is 2.50. The van der Waals surface area contributed by atoms with Crippen LogP contribution in [0.15, 0.2) is 24.3 Å². The fraction of sp³-hybridized carbons (Fsp3) is 0.417. The molecule has 19 heavy (non-hydrogen) atoms. The van der Waals surface area contributed by atoms with Gasteiger partial charge in [-0.3, -0.25) is 9.00 Å². The molecule has 0 spiro atoms. The molecule has 0 aliphatic rings. The molecule has 2 atom stereocenters. The Morgan fingerprint density at radius 2 is 1.84 bits per heavy atom. The molecule has 3 nitrogen and oxygen atoms in total. The predicted molar refractivity (Wildman–Crippen MR) is 65.0 cm³/mol. The highest BCUT2D eigenvalue weighted by atomic mass is 32.2. The maximum absolute atomic E-state index is 12.3. The average molecular weight is 294 g/mol. The van der Waals surface area contributed by atoms with E-state index in [1.54, 1.807) is 0 Å². The van der Waals surface area contributed by atoms with Gasteiger partial charge in [0.1, 0.15) is 0 Å². The lowest BCUT2D eigenvalue weighted by atomic mass is 10.1. The van der Waals surface area contributed by atoms with Crippen LogP contribution in [0, 0.1) is 0 Å². The van der Waals surface area contributed by atoms with Gasteiger partial charge in [-0.1, -0.05) is 19.1 Å². The summed E-state index contributed by atoms with van der Waals surface area (Å²) >= 11 is 0. The average Bonchev–Trinajstić information content (AvgIpc) is 2.27. The molecule has 0 amide bonds. The fourth-order valence-corrected chi connectivity index (χ4v) is 2.57. The molecule has 1 rings (SSSR count). The first-order valence-electron chi connectivity index (χ1n) is 5.45. The minimum atomic E-state index is -4.39. The number of hydrogen-bond acceptors (Lipinski definition) is 2. The van der Waals surface area contributed by atoms with E-state index in [2.05, 4.69) is 0 Å². The van der Waals surface area contributed by atoms with Gasteiger partial charge >= 0.3 is 12.1 Å². The van der Waals surface area contributed by atoms with E-state index >= 15 is 0 Å². The van der Waals surface area contributed by atoms with Crippen LogP contribution in [-0.2, 0) is 27.5 Å². The van der Waals surface area contributed by atoms with Gasteiger partial charge in [-0.25, -0.2) is 0 Å². The second kappa shape index (κ2) is 6.18. The summed E-state index contributed by atoms with van der Waals surface area (Å²) in [5.41, 5.74) is -0.274. The van der Waals surface area contributed by atoms with Crippen LogP contribution in [-0.4, -0.2) is 20.5 Å². The molecule has 0 bridgehead atoms. The third-order valence-corrected chi connectivity index (χ3v) is 4.18. The Morgan fingerprint density at radius 3 is 2.26 bits per heavy atom. The second-order valence-electron chi connectivity index (χ2n) is 4.13. The van der Waals surface area contributed by atoms with Crippen molar-refractivity contribution in [1.82, 2.24) is 0 Å². The normalized spacial score (nSPS) is 14.9. The third kappa shape index (κ3) is 5.02. The Labute approximate surface area is 110 Å². The predicted octanol–water partition coefficient (Wildman–Crippen LogP) is 2.82. The van der Waals surface area contributed by atoms with Crippen molar-refractivity contribution < 1.29 is 27.3 Å². The van der Waals surface area contributed by atoms with Gasteiger partial charge in [0.25, 0.3) is 0 Å². The summed E-state index contributed by atoms with van der Waals surface area (Å²) < 4.78 is 48.7. The maximum atomic E-state index is 12.3. The summed E-state index contributed by atoms with van der Waals surface area (Å²) in [4.78, 5) is 10.5. The first kappa shape index (κ1) is 15.7. The van der Waals surface area contributed by atoms with E-state index in [0.29, 0.717) is 5.56 Å². The molecule has 0 aliphatic heterocycles. The standard InChI is InChI=1S/C12H13F3O3S/c1-8(6-11(16)17)19(18)7-9-2-4-10(5-3-9)12(13,14)15/h2-5,8H,6-7H2,1H3,(H,16,17). The first-order chi connectivity index (χ1) is 8.70. The lowest BCUT2D eigenvalue weighted by molar-refractivity contribution is -0.138. The van der Waals surface area contributed by atoms with Gasteiger partial charge in [0.05, 0.1) is 12.0 Å². The lowest BCUT2D eigenvalue weighted by Crippen LogP contribution is -2.17. The molecular formula is C12H13F3O3S. The Bertz CT molecular complexity index is 468. The van der Waals surface area contributed by atoms with E-state index in [-0.39, 0.29) is 12.2 Å². The molecule has 106 valence electrons. The van der Waals surface area contributed by atoms with Gasteiger partial charge in [-0.2, -0.15) is 13.2 Å². The van der Waals surface area contributed by atoms with E-state index in [1.807, 2.05) is 0 Å². The molecule has 0 aromatic heterocycles. The van der Waals surface area contributed by atoms with Crippen LogP contribution in [0.5, 0.6) is 0 Å². The molecular weight excluding hydrogens is 281 g/mol. The zero-order valence-electron chi connectivity index (χ0n) is 10.1. The zero-order valence-corrected chi connectivity index (χ0v) is 10.9. The van der Waals surface area contributed by atoms with Gasteiger partial charge in [0.2, 0.25) is 0 Å². The van der Waals surface area contributed by atoms with E-state index in [1.165, 1.54) is 19.1 Å². The summed E-state index contributed by atoms with van der Waals surface area (Å²) in [5, 5.41) is 8.02. The van der Waals surface area contributed by atoms with E-state index in [0.717, 1.165) is 12.1 Å². The van der Waals surface area contributed by atoms with Gasteiger partial charge < -0.3 is 5.11 Å². The van der Waals surface area contributed by atoms with Crippen LogP contribution < -0.4 is 0 Å². The first-order valence-corrected chi connectivity index (χ1v) is 6.83. The molecule has 1 N–H and O–H groups in total. The Morgan fingerprint density at radius 1 is 1.32 bits per heavy atom. The van der Waals surface area contributed by atoms with Crippen LogP contribution in [0.25, 0.3) is 0 Å². The quantitative estimate of drug-likeness (QED) is 0.908. The van der Waals surface area contributed by atoms with E-state index in [4.69, 9.17) is 5.11 Å². The summed E-state index contributed by atoms with van der Waals surface area (Å²) in [5.74, 6) is -1.000. The zero-order chi connectivity index (χ0) is 14.6. The molecule has 0 aliphatic carbocycles. The van der Waals surface area contributed by atoms with Crippen molar-refractivity contribution >= 4 is 16.8 Å². The number of hydrogen-bond donors (Lipinski definition) is 1. The maximum Gasteiger partial charge on any atom is 0.416 e. The molecule has 2 unspecified atom stereocenters. The molecule has 1 aromatic rings. The number of halogens is 3. The largest absolute Gasteiger partial charge is 0.481 e. The minimum Gasteiger partial charge on any atom is -0.481 e. The van der Waals surface area contributed by atoms with Crippen LogP contribution in [0.3, 0.4) is 0 Å². The van der Waals surface area contributed by atoms with Gasteiger partial charge in [0, 0.05) is 21.8 Å². The van der Waals surface area contributed by atoms with E-state index in [9.17, 15) is 22.2 Å². The van der Waals surface area contributed by atoms with Crippen LogP contribution >= 0.6 is 0 Å². The fourth-order valence-electron chi connectivity index (χ4n) is 1.44. The summed E-state index contributed by atoms with van der Waals surface area (Å²) in [7, 11) is -1.43. The van der Waals surface area contributed by atoms with Crippen LogP contribution in [0.4, 0.5) is 13.2 Å². The van der Waals surface area contributed by atoms with Crippen LogP contribution in [0.1, 0.15) is 24.5 Å². The van der Waals surface area contributed by atoms with E-state index < -0.39 is 33.8 Å². The van der Waals surface area contributed by atoms with Gasteiger partial charge in [-0.05, 0) is 17.7 Å². The summed E-state index contributed by atoms with van der Waals surface area (Å²) in [6.45, 7) is 1.54. The molecule has 0 saturated heterocycles. The molecule has 1 aromatic carbocycles. The van der Waals surface area contributed by atoms with Crippen molar-refractivity contribution in [2.24, 2.45) is 0 Å². The number of carbonyl (C=O) groups is 1. The van der Waals surface area contributed by atoms with Crippen molar-refractivity contribution in [2.75, 3.05) is 0 Å². The molecule has 0 radical (unpaired) electrons. The Balaban J connectivity index is 2.68. The number of benzene rings is 1. The Hall–Kier alpha value is -1.37. The number of alkyl halides is 3. The molecule has 7 heteroatoms. The number of carboxylic acids is 1. The van der Waals surface area contributed by atoms with Crippen molar-refractivity contribution in [3.05, 3.63) is 35.4 Å². The SMILES string of the molecule is CC(CC(=O)O)S(=O)Cc1ccc(C(F)(F)F)cc1. The Kier molecular flexibility index (Phi) is 5.11. The van der Waals surface area contributed by atoms with Crippen molar-refractivity contribution in [1.29, 1.82) is 0 Å². The highest BCUT2D eigenvalue weighted by Gasteiger charge is 2.30. The lowest BCUT2D eigenvalue weighted by Gasteiger charge is -2.10. The highest BCUT2D eigenvalue weighted by Crippen LogP contribution is 2.29. The van der Waals surface area contributed by atoms with Crippen molar-refractivity contribution in [3.8, 4) is 0 Å². The highest BCUT2D eigenvalue weighted by molar-refractivity contribution is 7.84. The summed E-state index contributed by atoms with van der Waals surface area (Å²) in [6.07, 6.45) is -4.62. The number of aliphatic carboxylic acids is 1. The number of rotatable bonds is 5. The minimum absolute atomic E-state index is 0.0482. The van der Waals surface area contributed by atoms with Gasteiger partial charge in [0.15, 0.2) is 0 Å². The molecule has 0 saturated carbocycles. The monoisotopic (exact) mass is 294 g/mol. The molecule has 0 heterocycles. The smallest absolute Gasteiger partial charge is 0.416 e. The summed E-state index contributed by atoms with van der Waals surface area (Å²) in [6, 6.07) is 4.37. The number of carboxylic acid groups (broad SMARTS) is 1.